The average Bonchev–Trinajstić information content (AvgIpc) is 2.43. The van der Waals surface area contributed by atoms with Crippen LogP contribution in [0.2, 0.25) is 5.02 Å². The molecule has 19 heavy (non-hydrogen) atoms. The van der Waals surface area contributed by atoms with Crippen molar-refractivity contribution in [2.45, 2.75) is 45.4 Å². The van der Waals surface area contributed by atoms with Crippen LogP contribution in [0.1, 0.15) is 44.6 Å². The van der Waals surface area contributed by atoms with Gasteiger partial charge in [0.2, 0.25) is 0 Å². The fraction of sp³-hybridized carbons (Fsp3) is 0.625. The van der Waals surface area contributed by atoms with Gasteiger partial charge >= 0.3 is 0 Å². The summed E-state index contributed by atoms with van der Waals surface area (Å²) in [6, 6.07) is 5.06. The van der Waals surface area contributed by atoms with Crippen molar-refractivity contribution in [1.29, 1.82) is 0 Å². The summed E-state index contributed by atoms with van der Waals surface area (Å²) in [6.45, 7) is 2.96. The molecule has 0 saturated heterocycles. The largest absolute Gasteiger partial charge is 0.330 e. The molecule has 2 atom stereocenters. The van der Waals surface area contributed by atoms with Crippen molar-refractivity contribution >= 4 is 11.6 Å². The first-order valence-electron chi connectivity index (χ1n) is 7.22. The molecule has 2 rings (SSSR count). The van der Waals surface area contributed by atoms with Gasteiger partial charge < -0.3 is 5.73 Å². The van der Waals surface area contributed by atoms with Crippen LogP contribution in [0.25, 0.3) is 0 Å². The summed E-state index contributed by atoms with van der Waals surface area (Å²) in [5, 5.41) is 0.215. The van der Waals surface area contributed by atoms with Gasteiger partial charge in [-0.05, 0) is 54.8 Å². The molecule has 1 nitrogen and oxygen atoms in total. The molecule has 2 N–H and O–H groups in total. The summed E-state index contributed by atoms with van der Waals surface area (Å²) in [5.74, 6) is 0.440. The predicted molar refractivity (Wildman–Crippen MR) is 78.9 cm³/mol. The van der Waals surface area contributed by atoms with Crippen molar-refractivity contribution in [2.24, 2.45) is 17.1 Å². The molecule has 0 aliphatic heterocycles. The van der Waals surface area contributed by atoms with Crippen molar-refractivity contribution in [3.8, 4) is 0 Å². The standard InChI is InChI=1S/C16H23ClFN/c1-2-12-4-3-7-16(9-12,11-19)10-13-5-6-15(18)14(17)8-13/h5-6,8,12H,2-4,7,9-11,19H2,1H3. The fourth-order valence-electron chi connectivity index (χ4n) is 3.43. The summed E-state index contributed by atoms with van der Waals surface area (Å²) in [4.78, 5) is 0. The van der Waals surface area contributed by atoms with E-state index in [2.05, 4.69) is 6.92 Å². The molecule has 1 fully saturated rings. The molecule has 1 aromatic carbocycles. The Morgan fingerprint density at radius 3 is 2.89 bits per heavy atom. The van der Waals surface area contributed by atoms with Crippen LogP contribution in [0.5, 0.6) is 0 Å². The minimum Gasteiger partial charge on any atom is -0.330 e. The molecule has 0 heterocycles. The van der Waals surface area contributed by atoms with Crippen LogP contribution in [-0.2, 0) is 6.42 Å². The molecular weight excluding hydrogens is 261 g/mol. The van der Waals surface area contributed by atoms with Crippen molar-refractivity contribution in [3.63, 3.8) is 0 Å². The van der Waals surface area contributed by atoms with E-state index < -0.39 is 0 Å². The first-order chi connectivity index (χ1) is 9.08. The van der Waals surface area contributed by atoms with E-state index in [0.717, 1.165) is 17.9 Å². The Morgan fingerprint density at radius 1 is 1.47 bits per heavy atom. The number of rotatable bonds is 4. The van der Waals surface area contributed by atoms with E-state index in [9.17, 15) is 4.39 Å². The number of nitrogens with two attached hydrogens (primary N) is 1. The molecule has 1 aliphatic carbocycles. The normalized spacial score (nSPS) is 27.5. The minimum absolute atomic E-state index is 0.181. The van der Waals surface area contributed by atoms with E-state index in [1.54, 1.807) is 6.07 Å². The topological polar surface area (TPSA) is 26.0 Å². The maximum absolute atomic E-state index is 13.2. The molecule has 0 amide bonds. The monoisotopic (exact) mass is 283 g/mol. The summed E-state index contributed by atoms with van der Waals surface area (Å²) in [7, 11) is 0. The van der Waals surface area contributed by atoms with Crippen molar-refractivity contribution in [3.05, 3.63) is 34.6 Å². The van der Waals surface area contributed by atoms with Gasteiger partial charge in [-0.1, -0.05) is 43.9 Å². The fourth-order valence-corrected chi connectivity index (χ4v) is 3.63. The van der Waals surface area contributed by atoms with Gasteiger partial charge in [-0.15, -0.1) is 0 Å². The molecule has 1 saturated carbocycles. The first-order valence-corrected chi connectivity index (χ1v) is 7.60. The Balaban J connectivity index is 2.15. The van der Waals surface area contributed by atoms with E-state index in [1.807, 2.05) is 6.07 Å². The Morgan fingerprint density at radius 2 is 2.26 bits per heavy atom. The number of hydrogen-bond donors (Lipinski definition) is 1. The van der Waals surface area contributed by atoms with Crippen LogP contribution < -0.4 is 5.73 Å². The third-order valence-corrected chi connectivity index (χ3v) is 4.90. The molecule has 106 valence electrons. The Bertz CT molecular complexity index is 435. The van der Waals surface area contributed by atoms with Crippen LogP contribution in [0.3, 0.4) is 0 Å². The summed E-state index contributed by atoms with van der Waals surface area (Å²) in [5.41, 5.74) is 7.35. The molecular formula is C16H23ClFN. The number of hydrogen-bond acceptors (Lipinski definition) is 1. The zero-order valence-electron chi connectivity index (χ0n) is 11.6. The van der Waals surface area contributed by atoms with Crippen molar-refractivity contribution in [2.75, 3.05) is 6.54 Å². The second kappa shape index (κ2) is 6.23. The van der Waals surface area contributed by atoms with Gasteiger partial charge in [0, 0.05) is 0 Å². The molecule has 1 aromatic rings. The van der Waals surface area contributed by atoms with Crippen molar-refractivity contribution in [1.82, 2.24) is 0 Å². The van der Waals surface area contributed by atoms with E-state index in [4.69, 9.17) is 17.3 Å². The minimum atomic E-state index is -0.345. The third-order valence-electron chi connectivity index (χ3n) is 4.61. The summed E-state index contributed by atoms with van der Waals surface area (Å²) >= 11 is 5.87. The quantitative estimate of drug-likeness (QED) is 0.861. The third kappa shape index (κ3) is 3.49. The highest BCUT2D eigenvalue weighted by Crippen LogP contribution is 2.42. The highest BCUT2D eigenvalue weighted by Gasteiger charge is 2.34. The van der Waals surface area contributed by atoms with Gasteiger partial charge in [0.15, 0.2) is 0 Å². The van der Waals surface area contributed by atoms with Gasteiger partial charge in [-0.2, -0.15) is 0 Å². The Labute approximate surface area is 120 Å². The van der Waals surface area contributed by atoms with Gasteiger partial charge in [0.05, 0.1) is 5.02 Å². The van der Waals surface area contributed by atoms with Crippen LogP contribution >= 0.6 is 11.6 Å². The lowest BCUT2D eigenvalue weighted by atomic mass is 9.66. The highest BCUT2D eigenvalue weighted by atomic mass is 35.5. The molecule has 2 unspecified atom stereocenters. The number of halogens is 2. The van der Waals surface area contributed by atoms with E-state index in [-0.39, 0.29) is 16.3 Å². The lowest BCUT2D eigenvalue weighted by molar-refractivity contribution is 0.142. The molecule has 0 bridgehead atoms. The highest BCUT2D eigenvalue weighted by molar-refractivity contribution is 6.30. The molecule has 0 spiro atoms. The van der Waals surface area contributed by atoms with Gasteiger partial charge in [0.1, 0.15) is 5.82 Å². The summed E-state index contributed by atoms with van der Waals surface area (Å²) in [6.07, 6.45) is 7.09. The lowest BCUT2D eigenvalue weighted by Crippen LogP contribution is -2.37. The number of benzene rings is 1. The molecule has 3 heteroatoms. The maximum atomic E-state index is 13.2. The van der Waals surface area contributed by atoms with Gasteiger partial charge in [0.25, 0.3) is 0 Å². The van der Waals surface area contributed by atoms with Gasteiger partial charge in [-0.3, -0.25) is 0 Å². The zero-order valence-corrected chi connectivity index (χ0v) is 12.3. The summed E-state index contributed by atoms with van der Waals surface area (Å²) < 4.78 is 13.2. The van der Waals surface area contributed by atoms with Crippen LogP contribution in [0.15, 0.2) is 18.2 Å². The zero-order chi connectivity index (χ0) is 13.9. The SMILES string of the molecule is CCC1CCCC(CN)(Cc2ccc(F)c(Cl)c2)C1. The first kappa shape index (κ1) is 14.8. The van der Waals surface area contributed by atoms with Crippen LogP contribution in [0.4, 0.5) is 4.39 Å². The second-order valence-corrected chi connectivity index (χ2v) is 6.41. The van der Waals surface area contributed by atoms with E-state index >= 15 is 0 Å². The van der Waals surface area contributed by atoms with Crippen molar-refractivity contribution < 1.29 is 4.39 Å². The smallest absolute Gasteiger partial charge is 0.141 e. The maximum Gasteiger partial charge on any atom is 0.141 e. The van der Waals surface area contributed by atoms with E-state index in [0.29, 0.717) is 6.54 Å². The molecule has 0 radical (unpaired) electrons. The Kier molecular flexibility index (Phi) is 4.86. The van der Waals surface area contributed by atoms with Gasteiger partial charge in [-0.25, -0.2) is 4.39 Å². The van der Waals surface area contributed by atoms with Crippen LogP contribution in [-0.4, -0.2) is 6.54 Å². The van der Waals surface area contributed by atoms with Crippen LogP contribution in [0, 0.1) is 17.2 Å². The Hall–Kier alpha value is -0.600. The average molecular weight is 284 g/mol. The second-order valence-electron chi connectivity index (χ2n) is 6.00. The molecule has 0 aromatic heterocycles. The molecule has 1 aliphatic rings. The predicted octanol–water partition coefficient (Wildman–Crippen LogP) is 4.57. The lowest BCUT2D eigenvalue weighted by Gasteiger charge is -2.40. The van der Waals surface area contributed by atoms with E-state index in [1.165, 1.54) is 38.2 Å².